The Balaban J connectivity index is 1.48. The summed E-state index contributed by atoms with van der Waals surface area (Å²) in [5, 5.41) is 3.02. The number of hydrogen-bond donors (Lipinski definition) is 1. The zero-order valence-electron chi connectivity index (χ0n) is 14.6. The van der Waals surface area contributed by atoms with Crippen LogP contribution in [0.3, 0.4) is 0 Å². The first-order valence-corrected chi connectivity index (χ1v) is 8.80. The second kappa shape index (κ2) is 7.90. The van der Waals surface area contributed by atoms with Crippen molar-refractivity contribution in [2.75, 3.05) is 50.8 Å². The number of ether oxygens (including phenoxy) is 1. The number of amides is 1. The van der Waals surface area contributed by atoms with Gasteiger partial charge in [0.25, 0.3) is 5.91 Å². The number of aromatic nitrogens is 2. The van der Waals surface area contributed by atoms with Crippen molar-refractivity contribution in [1.82, 2.24) is 20.2 Å². The van der Waals surface area contributed by atoms with Gasteiger partial charge in [-0.1, -0.05) is 0 Å². The number of nitrogens with zero attached hydrogens (tertiary/aromatic N) is 4. The molecule has 132 valence electrons. The summed E-state index contributed by atoms with van der Waals surface area (Å²) >= 11 is 0. The van der Waals surface area contributed by atoms with E-state index in [0.717, 1.165) is 32.6 Å². The molecule has 1 aromatic rings. The van der Waals surface area contributed by atoms with Crippen LogP contribution in [0.2, 0.25) is 0 Å². The van der Waals surface area contributed by atoms with Crippen LogP contribution in [0.1, 0.15) is 30.6 Å². The maximum absolute atomic E-state index is 12.3. The number of hydrogen-bond acceptors (Lipinski definition) is 6. The van der Waals surface area contributed by atoms with Crippen LogP contribution in [-0.4, -0.2) is 72.8 Å². The SMILES string of the molecule is CC(C)N1CC[C@@H](CNC(=O)c2cnc(N3CCOCC3)nc2)C1. The summed E-state index contributed by atoms with van der Waals surface area (Å²) in [7, 11) is 0. The number of carbonyl (C=O) groups excluding carboxylic acids is 1. The van der Waals surface area contributed by atoms with Crippen molar-refractivity contribution in [3.8, 4) is 0 Å². The third-order valence-corrected chi connectivity index (χ3v) is 4.79. The van der Waals surface area contributed by atoms with Gasteiger partial charge >= 0.3 is 0 Å². The van der Waals surface area contributed by atoms with Crippen LogP contribution in [0.25, 0.3) is 0 Å². The fraction of sp³-hybridized carbons (Fsp3) is 0.706. The van der Waals surface area contributed by atoms with Crippen molar-refractivity contribution in [2.24, 2.45) is 5.92 Å². The lowest BCUT2D eigenvalue weighted by Crippen LogP contribution is -2.37. The highest BCUT2D eigenvalue weighted by Crippen LogP contribution is 2.17. The van der Waals surface area contributed by atoms with E-state index in [4.69, 9.17) is 4.74 Å². The van der Waals surface area contributed by atoms with Crippen molar-refractivity contribution in [1.29, 1.82) is 0 Å². The fourth-order valence-corrected chi connectivity index (χ4v) is 3.20. The minimum Gasteiger partial charge on any atom is -0.378 e. The number of rotatable bonds is 5. The lowest BCUT2D eigenvalue weighted by molar-refractivity contribution is 0.0946. The molecular weight excluding hydrogens is 306 g/mol. The van der Waals surface area contributed by atoms with Gasteiger partial charge in [-0.15, -0.1) is 0 Å². The first-order chi connectivity index (χ1) is 11.6. The molecule has 2 saturated heterocycles. The summed E-state index contributed by atoms with van der Waals surface area (Å²) in [6.07, 6.45) is 4.37. The van der Waals surface area contributed by atoms with Gasteiger partial charge in [0.1, 0.15) is 0 Å². The first kappa shape index (κ1) is 17.1. The highest BCUT2D eigenvalue weighted by atomic mass is 16.5. The van der Waals surface area contributed by atoms with Crippen molar-refractivity contribution >= 4 is 11.9 Å². The Kier molecular flexibility index (Phi) is 5.63. The van der Waals surface area contributed by atoms with Crippen LogP contribution in [0.4, 0.5) is 5.95 Å². The van der Waals surface area contributed by atoms with Gasteiger partial charge in [0.2, 0.25) is 5.95 Å². The summed E-state index contributed by atoms with van der Waals surface area (Å²) in [5.41, 5.74) is 0.519. The fourth-order valence-electron chi connectivity index (χ4n) is 3.20. The summed E-state index contributed by atoms with van der Waals surface area (Å²) in [6.45, 7) is 10.3. The number of likely N-dealkylation sites (tertiary alicyclic amines) is 1. The van der Waals surface area contributed by atoms with E-state index in [1.165, 1.54) is 0 Å². The summed E-state index contributed by atoms with van der Waals surface area (Å²) < 4.78 is 5.32. The molecular formula is C17H27N5O2. The number of anilines is 1. The van der Waals surface area contributed by atoms with Gasteiger partial charge in [0.15, 0.2) is 0 Å². The molecule has 0 saturated carbocycles. The van der Waals surface area contributed by atoms with Gasteiger partial charge in [-0.2, -0.15) is 0 Å². The number of carbonyl (C=O) groups is 1. The van der Waals surface area contributed by atoms with E-state index in [9.17, 15) is 4.79 Å². The number of morpholine rings is 1. The zero-order chi connectivity index (χ0) is 16.9. The predicted octanol–water partition coefficient (Wildman–Crippen LogP) is 0.773. The molecule has 1 aromatic heterocycles. The lowest BCUT2D eigenvalue weighted by Gasteiger charge is -2.26. The third kappa shape index (κ3) is 4.21. The standard InChI is InChI=1S/C17H27N5O2/c1-13(2)22-4-3-14(12-22)9-18-16(23)15-10-19-17(20-11-15)21-5-7-24-8-6-21/h10-11,13-14H,3-9,12H2,1-2H3,(H,18,23)/t14-/m0/s1. The maximum Gasteiger partial charge on any atom is 0.254 e. The molecule has 0 spiro atoms. The van der Waals surface area contributed by atoms with Crippen molar-refractivity contribution < 1.29 is 9.53 Å². The Morgan fingerprint density at radius 1 is 1.29 bits per heavy atom. The van der Waals surface area contributed by atoms with Crippen molar-refractivity contribution in [2.45, 2.75) is 26.3 Å². The zero-order valence-corrected chi connectivity index (χ0v) is 14.6. The minimum atomic E-state index is -0.0912. The average molecular weight is 333 g/mol. The molecule has 0 aliphatic carbocycles. The normalized spacial score (nSPS) is 22.1. The minimum absolute atomic E-state index is 0.0912. The van der Waals surface area contributed by atoms with Crippen molar-refractivity contribution in [3.63, 3.8) is 0 Å². The first-order valence-electron chi connectivity index (χ1n) is 8.80. The monoisotopic (exact) mass is 333 g/mol. The van der Waals surface area contributed by atoms with Crippen LogP contribution < -0.4 is 10.2 Å². The highest BCUT2D eigenvalue weighted by Gasteiger charge is 2.24. The highest BCUT2D eigenvalue weighted by molar-refractivity contribution is 5.93. The quantitative estimate of drug-likeness (QED) is 0.858. The summed E-state index contributed by atoms with van der Waals surface area (Å²) in [6, 6.07) is 0.576. The van der Waals surface area contributed by atoms with E-state index >= 15 is 0 Å². The van der Waals surface area contributed by atoms with Crippen LogP contribution in [-0.2, 0) is 4.74 Å². The molecule has 3 rings (SSSR count). The largest absolute Gasteiger partial charge is 0.378 e. The molecule has 1 atom stereocenters. The smallest absolute Gasteiger partial charge is 0.254 e. The molecule has 2 aliphatic rings. The average Bonchev–Trinajstić information content (AvgIpc) is 3.10. The van der Waals surface area contributed by atoms with Gasteiger partial charge in [-0.3, -0.25) is 4.79 Å². The Morgan fingerprint density at radius 3 is 2.62 bits per heavy atom. The molecule has 24 heavy (non-hydrogen) atoms. The number of nitrogens with one attached hydrogen (secondary N) is 1. The van der Waals surface area contributed by atoms with E-state index in [1.807, 2.05) is 0 Å². The molecule has 3 heterocycles. The molecule has 2 aliphatic heterocycles. The topological polar surface area (TPSA) is 70.6 Å². The van der Waals surface area contributed by atoms with E-state index in [2.05, 4.69) is 38.9 Å². The molecule has 7 heteroatoms. The Bertz CT molecular complexity index is 542. The van der Waals surface area contributed by atoms with E-state index in [1.54, 1.807) is 12.4 Å². The van der Waals surface area contributed by atoms with Gasteiger partial charge in [0, 0.05) is 44.6 Å². The third-order valence-electron chi connectivity index (χ3n) is 4.79. The molecule has 0 bridgehead atoms. The van der Waals surface area contributed by atoms with Crippen LogP contribution in [0, 0.1) is 5.92 Å². The molecule has 0 unspecified atom stereocenters. The van der Waals surface area contributed by atoms with Crippen LogP contribution >= 0.6 is 0 Å². The lowest BCUT2D eigenvalue weighted by atomic mass is 10.1. The maximum atomic E-state index is 12.3. The van der Waals surface area contributed by atoms with E-state index < -0.39 is 0 Å². The second-order valence-electron chi connectivity index (χ2n) is 6.82. The van der Waals surface area contributed by atoms with Gasteiger partial charge in [0.05, 0.1) is 18.8 Å². The molecule has 7 nitrogen and oxygen atoms in total. The van der Waals surface area contributed by atoms with Crippen molar-refractivity contribution in [3.05, 3.63) is 18.0 Å². The molecule has 1 N–H and O–H groups in total. The van der Waals surface area contributed by atoms with Crippen LogP contribution in [0.5, 0.6) is 0 Å². The predicted molar refractivity (Wildman–Crippen MR) is 92.2 cm³/mol. The van der Waals surface area contributed by atoms with Gasteiger partial charge in [-0.05, 0) is 32.7 Å². The van der Waals surface area contributed by atoms with E-state index in [0.29, 0.717) is 43.2 Å². The van der Waals surface area contributed by atoms with Gasteiger partial charge < -0.3 is 19.9 Å². The Labute approximate surface area is 143 Å². The summed E-state index contributed by atoms with van der Waals surface area (Å²) in [4.78, 5) is 25.5. The molecule has 1 amide bonds. The van der Waals surface area contributed by atoms with Crippen LogP contribution in [0.15, 0.2) is 12.4 Å². The Morgan fingerprint density at radius 2 is 2.00 bits per heavy atom. The van der Waals surface area contributed by atoms with Gasteiger partial charge in [-0.25, -0.2) is 9.97 Å². The molecule has 0 aromatic carbocycles. The second-order valence-corrected chi connectivity index (χ2v) is 6.82. The molecule has 2 fully saturated rings. The molecule has 0 radical (unpaired) electrons. The van der Waals surface area contributed by atoms with E-state index in [-0.39, 0.29) is 5.91 Å². The summed E-state index contributed by atoms with van der Waals surface area (Å²) in [5.74, 6) is 1.11. The Hall–Kier alpha value is -1.73.